The molecule has 1 aliphatic rings. The fourth-order valence-electron chi connectivity index (χ4n) is 3.48. The Hall–Kier alpha value is -2.57. The zero-order valence-corrected chi connectivity index (χ0v) is 15.6. The summed E-state index contributed by atoms with van der Waals surface area (Å²) in [6.07, 6.45) is 3.67. The molecule has 0 saturated heterocycles. The first-order valence-corrected chi connectivity index (χ1v) is 9.20. The summed E-state index contributed by atoms with van der Waals surface area (Å²) >= 11 is 12.2. The molecule has 2 aromatic carbocycles. The predicted molar refractivity (Wildman–Crippen MR) is 104 cm³/mol. The van der Waals surface area contributed by atoms with Crippen molar-refractivity contribution < 1.29 is 14.1 Å². The monoisotopic (exact) mass is 404 g/mol. The van der Waals surface area contributed by atoms with E-state index in [-0.39, 0.29) is 27.0 Å². The molecule has 1 heterocycles. The molecule has 6 nitrogen and oxygen atoms in total. The highest BCUT2D eigenvalue weighted by molar-refractivity contribution is 6.40. The van der Waals surface area contributed by atoms with E-state index in [0.29, 0.717) is 5.58 Å². The third-order valence-corrected chi connectivity index (χ3v) is 5.36. The van der Waals surface area contributed by atoms with Gasteiger partial charge in [0.25, 0.3) is 11.6 Å². The number of nitro benzene ring substituents is 1. The largest absolute Gasteiger partial charge is 0.458 e. The average molecular weight is 405 g/mol. The molecule has 0 unspecified atom stereocenters. The second kappa shape index (κ2) is 6.87. The Bertz CT molecular complexity index is 1070. The summed E-state index contributed by atoms with van der Waals surface area (Å²) in [7, 11) is 0. The summed E-state index contributed by atoms with van der Waals surface area (Å²) in [6, 6.07) is 7.74. The van der Waals surface area contributed by atoms with Gasteiger partial charge < -0.3 is 9.73 Å². The maximum atomic E-state index is 12.8. The highest BCUT2D eigenvalue weighted by atomic mass is 35.5. The van der Waals surface area contributed by atoms with E-state index in [2.05, 4.69) is 5.32 Å². The van der Waals surface area contributed by atoms with Gasteiger partial charge in [-0.1, -0.05) is 29.3 Å². The van der Waals surface area contributed by atoms with E-state index in [4.69, 9.17) is 27.6 Å². The summed E-state index contributed by atoms with van der Waals surface area (Å²) in [5.74, 6) is 0.193. The molecule has 0 atom stereocenters. The Morgan fingerprint density at radius 2 is 1.81 bits per heavy atom. The Balaban J connectivity index is 1.86. The second-order valence-electron chi connectivity index (χ2n) is 6.36. The molecule has 0 spiro atoms. The predicted octanol–water partition coefficient (Wildman–Crippen LogP) is 5.78. The number of aryl methyl sites for hydroxylation is 2. The van der Waals surface area contributed by atoms with Crippen molar-refractivity contribution >= 4 is 51.5 Å². The number of hydrogen-bond acceptors (Lipinski definition) is 4. The lowest BCUT2D eigenvalue weighted by Gasteiger charge is -2.09. The average Bonchev–Trinajstić information content (AvgIpc) is 3.01. The van der Waals surface area contributed by atoms with Gasteiger partial charge in [0, 0.05) is 23.4 Å². The highest BCUT2D eigenvalue weighted by Gasteiger charge is 2.27. The molecule has 0 radical (unpaired) electrons. The number of rotatable bonds is 3. The molecule has 4 rings (SSSR count). The summed E-state index contributed by atoms with van der Waals surface area (Å²) in [5, 5.41) is 15.2. The molecule has 0 saturated carbocycles. The van der Waals surface area contributed by atoms with Crippen molar-refractivity contribution in [2.75, 3.05) is 5.32 Å². The van der Waals surface area contributed by atoms with Crippen LogP contribution in [0.2, 0.25) is 10.0 Å². The molecule has 1 N–H and O–H groups in total. The van der Waals surface area contributed by atoms with Gasteiger partial charge in [-0.2, -0.15) is 0 Å². The van der Waals surface area contributed by atoms with E-state index >= 15 is 0 Å². The van der Waals surface area contributed by atoms with Gasteiger partial charge in [0.15, 0.2) is 11.3 Å². The zero-order chi connectivity index (χ0) is 19.1. The van der Waals surface area contributed by atoms with Crippen molar-refractivity contribution in [3.05, 3.63) is 67.4 Å². The van der Waals surface area contributed by atoms with Gasteiger partial charge in [0.2, 0.25) is 0 Å². The second-order valence-corrected chi connectivity index (χ2v) is 7.17. The molecule has 1 aliphatic carbocycles. The van der Waals surface area contributed by atoms with Crippen molar-refractivity contribution in [2.45, 2.75) is 25.7 Å². The maximum Gasteiger partial charge on any atom is 0.296 e. The van der Waals surface area contributed by atoms with Gasteiger partial charge in [0.1, 0.15) is 5.76 Å². The van der Waals surface area contributed by atoms with E-state index < -0.39 is 10.8 Å². The lowest BCUT2D eigenvalue weighted by atomic mass is 9.95. The van der Waals surface area contributed by atoms with Crippen molar-refractivity contribution in [1.82, 2.24) is 0 Å². The third-order valence-electron chi connectivity index (χ3n) is 4.73. The van der Waals surface area contributed by atoms with Crippen molar-refractivity contribution in [2.24, 2.45) is 0 Å². The molecule has 27 heavy (non-hydrogen) atoms. The molecular weight excluding hydrogens is 391 g/mol. The summed E-state index contributed by atoms with van der Waals surface area (Å²) < 4.78 is 5.92. The van der Waals surface area contributed by atoms with Crippen LogP contribution in [0.25, 0.3) is 11.0 Å². The molecule has 8 heteroatoms. The number of carbonyl (C=O) groups excluding carboxylic acids is 1. The van der Waals surface area contributed by atoms with Crippen LogP contribution in [0.3, 0.4) is 0 Å². The highest BCUT2D eigenvalue weighted by Crippen LogP contribution is 2.40. The van der Waals surface area contributed by atoms with Crippen molar-refractivity contribution in [3.8, 4) is 0 Å². The number of anilines is 1. The van der Waals surface area contributed by atoms with E-state index in [9.17, 15) is 14.9 Å². The first-order valence-electron chi connectivity index (χ1n) is 8.44. The minimum absolute atomic E-state index is 0.0212. The van der Waals surface area contributed by atoms with Crippen LogP contribution in [0.5, 0.6) is 0 Å². The van der Waals surface area contributed by atoms with Crippen LogP contribution in [0.15, 0.2) is 34.7 Å². The molecular formula is C19H14Cl2N2O4. The minimum atomic E-state index is -0.629. The number of amides is 1. The quantitative estimate of drug-likeness (QED) is 0.442. The van der Waals surface area contributed by atoms with Crippen LogP contribution in [-0.4, -0.2) is 10.8 Å². The Morgan fingerprint density at radius 3 is 2.52 bits per heavy atom. The maximum absolute atomic E-state index is 12.8. The summed E-state index contributed by atoms with van der Waals surface area (Å²) in [4.78, 5) is 23.7. The Morgan fingerprint density at radius 1 is 1.11 bits per heavy atom. The number of nitrogens with one attached hydrogen (secondary N) is 1. The van der Waals surface area contributed by atoms with Gasteiger partial charge in [-0.15, -0.1) is 0 Å². The molecule has 0 bridgehead atoms. The number of nitrogens with zero attached hydrogens (tertiary/aromatic N) is 1. The molecule has 1 amide bonds. The Kier molecular flexibility index (Phi) is 4.53. The number of hydrogen-bond donors (Lipinski definition) is 1. The summed E-state index contributed by atoms with van der Waals surface area (Å²) in [6.45, 7) is 0. The number of benzene rings is 2. The normalized spacial score (nSPS) is 13.4. The van der Waals surface area contributed by atoms with Gasteiger partial charge in [-0.3, -0.25) is 14.9 Å². The van der Waals surface area contributed by atoms with E-state index in [1.807, 2.05) is 0 Å². The smallest absolute Gasteiger partial charge is 0.296 e. The fourth-order valence-corrected chi connectivity index (χ4v) is 4.05. The van der Waals surface area contributed by atoms with Gasteiger partial charge in [-0.05, 0) is 37.5 Å². The van der Waals surface area contributed by atoms with Crippen molar-refractivity contribution in [1.29, 1.82) is 0 Å². The standard InChI is InChI=1S/C19H14Cl2N2O4/c20-12-5-3-6-13(21)16(12)19(24)22-17-14(23(25)26)9-8-11-10-4-1-2-7-15(10)27-18(11)17/h3,5-6,8-9H,1-2,4,7H2,(H,22,24). The van der Waals surface area contributed by atoms with Crippen LogP contribution >= 0.6 is 23.2 Å². The number of nitro groups is 1. The van der Waals surface area contributed by atoms with E-state index in [1.165, 1.54) is 18.2 Å². The number of carbonyl (C=O) groups is 1. The molecule has 0 fully saturated rings. The molecule has 138 valence electrons. The topological polar surface area (TPSA) is 85.4 Å². The lowest BCUT2D eigenvalue weighted by molar-refractivity contribution is -0.383. The van der Waals surface area contributed by atoms with E-state index in [0.717, 1.165) is 42.4 Å². The Labute approximate surface area is 164 Å². The first kappa shape index (κ1) is 17.8. The van der Waals surface area contributed by atoms with Gasteiger partial charge >= 0.3 is 0 Å². The molecule has 0 aliphatic heterocycles. The summed E-state index contributed by atoms with van der Waals surface area (Å²) in [5.41, 5.74) is 1.20. The lowest BCUT2D eigenvalue weighted by Crippen LogP contribution is -2.14. The van der Waals surface area contributed by atoms with Crippen LogP contribution in [0.4, 0.5) is 11.4 Å². The number of halogens is 2. The van der Waals surface area contributed by atoms with Crippen LogP contribution < -0.4 is 5.32 Å². The minimum Gasteiger partial charge on any atom is -0.458 e. The van der Waals surface area contributed by atoms with Gasteiger partial charge in [0.05, 0.1) is 20.5 Å². The zero-order valence-electron chi connectivity index (χ0n) is 14.1. The molecule has 3 aromatic rings. The third kappa shape index (κ3) is 3.05. The van der Waals surface area contributed by atoms with E-state index in [1.54, 1.807) is 12.1 Å². The van der Waals surface area contributed by atoms with Crippen LogP contribution in [0.1, 0.15) is 34.5 Å². The first-order chi connectivity index (χ1) is 13.0. The number of furan rings is 1. The number of fused-ring (bicyclic) bond motifs is 3. The van der Waals surface area contributed by atoms with Crippen molar-refractivity contribution in [3.63, 3.8) is 0 Å². The van der Waals surface area contributed by atoms with Crippen LogP contribution in [0, 0.1) is 10.1 Å². The van der Waals surface area contributed by atoms with Crippen LogP contribution in [-0.2, 0) is 12.8 Å². The SMILES string of the molecule is O=C(Nc1c([N+](=O)[O-])ccc2c3c(oc12)CCCC3)c1c(Cl)cccc1Cl. The fraction of sp³-hybridized carbons (Fsp3) is 0.211. The van der Waals surface area contributed by atoms with Gasteiger partial charge in [-0.25, -0.2) is 0 Å². The molecule has 1 aromatic heterocycles.